The van der Waals surface area contributed by atoms with Crippen LogP contribution in [-0.2, 0) is 9.53 Å². The molecule has 0 N–H and O–H groups in total. The standard InChI is InChI=1S/C7H11NO2/c1-3-8-6(9)4-5-7(8)10-2/h3,7H,1,4-5H2,2H3/t7-/m0/s1. The van der Waals surface area contributed by atoms with Gasteiger partial charge in [-0.3, -0.25) is 9.69 Å². The van der Waals surface area contributed by atoms with Crippen LogP contribution >= 0.6 is 0 Å². The molecule has 0 aromatic carbocycles. The Kier molecular flexibility index (Phi) is 2.06. The van der Waals surface area contributed by atoms with E-state index in [1.807, 2.05) is 0 Å². The molecule has 1 aliphatic rings. The Labute approximate surface area is 60.3 Å². The highest BCUT2D eigenvalue weighted by atomic mass is 16.5. The van der Waals surface area contributed by atoms with Gasteiger partial charge in [0.05, 0.1) is 0 Å². The maximum absolute atomic E-state index is 10.9. The molecule has 0 saturated carbocycles. The quantitative estimate of drug-likeness (QED) is 0.567. The van der Waals surface area contributed by atoms with Crippen LogP contribution in [0.5, 0.6) is 0 Å². The van der Waals surface area contributed by atoms with Crippen LogP contribution in [0.4, 0.5) is 0 Å². The highest BCUT2D eigenvalue weighted by Gasteiger charge is 2.28. The molecule has 3 nitrogen and oxygen atoms in total. The van der Waals surface area contributed by atoms with E-state index in [1.54, 1.807) is 7.11 Å². The molecule has 1 fully saturated rings. The van der Waals surface area contributed by atoms with Crippen molar-refractivity contribution in [1.82, 2.24) is 4.90 Å². The van der Waals surface area contributed by atoms with Crippen LogP contribution in [0.2, 0.25) is 0 Å². The molecule has 1 rings (SSSR count). The summed E-state index contributed by atoms with van der Waals surface area (Å²) in [6, 6.07) is 0. The molecule has 0 unspecified atom stereocenters. The number of hydrogen-bond acceptors (Lipinski definition) is 2. The van der Waals surface area contributed by atoms with Crippen molar-refractivity contribution in [2.45, 2.75) is 19.1 Å². The molecule has 3 heteroatoms. The highest BCUT2D eigenvalue weighted by Crippen LogP contribution is 2.18. The van der Waals surface area contributed by atoms with Gasteiger partial charge in [-0.05, 0) is 0 Å². The van der Waals surface area contributed by atoms with Gasteiger partial charge in [-0.25, -0.2) is 0 Å². The zero-order chi connectivity index (χ0) is 7.56. The topological polar surface area (TPSA) is 29.5 Å². The number of methoxy groups -OCH3 is 1. The van der Waals surface area contributed by atoms with Gasteiger partial charge in [-0.1, -0.05) is 6.58 Å². The predicted molar refractivity (Wildman–Crippen MR) is 37.1 cm³/mol. The Morgan fingerprint density at radius 1 is 1.90 bits per heavy atom. The van der Waals surface area contributed by atoms with Crippen molar-refractivity contribution in [3.05, 3.63) is 12.8 Å². The van der Waals surface area contributed by atoms with Crippen molar-refractivity contribution in [2.24, 2.45) is 0 Å². The van der Waals surface area contributed by atoms with Gasteiger partial charge < -0.3 is 4.74 Å². The van der Waals surface area contributed by atoms with Crippen molar-refractivity contribution in [1.29, 1.82) is 0 Å². The van der Waals surface area contributed by atoms with E-state index in [0.29, 0.717) is 6.42 Å². The summed E-state index contributed by atoms with van der Waals surface area (Å²) in [6.45, 7) is 3.52. The molecule has 0 bridgehead atoms. The van der Waals surface area contributed by atoms with Crippen molar-refractivity contribution >= 4 is 5.91 Å². The fourth-order valence-electron chi connectivity index (χ4n) is 1.13. The van der Waals surface area contributed by atoms with Crippen LogP contribution in [0.3, 0.4) is 0 Å². The fraction of sp³-hybridized carbons (Fsp3) is 0.571. The van der Waals surface area contributed by atoms with Crippen LogP contribution in [0.1, 0.15) is 12.8 Å². The first-order valence-electron chi connectivity index (χ1n) is 3.26. The van der Waals surface area contributed by atoms with E-state index in [4.69, 9.17) is 4.74 Å². The molecule has 0 aromatic heterocycles. The molecule has 0 spiro atoms. The Balaban J connectivity index is 2.62. The van der Waals surface area contributed by atoms with E-state index in [2.05, 4.69) is 6.58 Å². The Morgan fingerprint density at radius 3 is 3.00 bits per heavy atom. The second kappa shape index (κ2) is 2.84. The van der Waals surface area contributed by atoms with Crippen LogP contribution in [0.25, 0.3) is 0 Å². The van der Waals surface area contributed by atoms with E-state index in [1.165, 1.54) is 11.1 Å². The van der Waals surface area contributed by atoms with E-state index >= 15 is 0 Å². The lowest BCUT2D eigenvalue weighted by Gasteiger charge is -2.17. The molecule has 1 heterocycles. The lowest BCUT2D eigenvalue weighted by atomic mass is 10.4. The van der Waals surface area contributed by atoms with Crippen molar-refractivity contribution < 1.29 is 9.53 Å². The maximum Gasteiger partial charge on any atom is 0.228 e. The van der Waals surface area contributed by atoms with E-state index < -0.39 is 0 Å². The van der Waals surface area contributed by atoms with Crippen LogP contribution in [0, 0.1) is 0 Å². The first-order valence-corrected chi connectivity index (χ1v) is 3.26. The average molecular weight is 141 g/mol. The third-order valence-electron chi connectivity index (χ3n) is 1.67. The number of likely N-dealkylation sites (tertiary alicyclic amines) is 1. The maximum atomic E-state index is 10.9. The highest BCUT2D eigenvalue weighted by molar-refractivity contribution is 5.79. The van der Waals surface area contributed by atoms with Gasteiger partial charge >= 0.3 is 0 Å². The minimum absolute atomic E-state index is 0.0787. The summed E-state index contributed by atoms with van der Waals surface area (Å²) < 4.78 is 5.02. The summed E-state index contributed by atoms with van der Waals surface area (Å²) in [5.74, 6) is 0.0989. The van der Waals surface area contributed by atoms with Gasteiger partial charge in [0, 0.05) is 26.2 Å². The zero-order valence-corrected chi connectivity index (χ0v) is 6.04. The first kappa shape index (κ1) is 7.28. The SMILES string of the molecule is C=CN1C(=O)CC[C@@H]1OC. The second-order valence-electron chi connectivity index (χ2n) is 2.21. The monoisotopic (exact) mass is 141 g/mol. The number of carbonyl (C=O) groups excluding carboxylic acids is 1. The number of ether oxygens (including phenoxy) is 1. The number of amides is 1. The van der Waals surface area contributed by atoms with Gasteiger partial charge in [0.1, 0.15) is 6.23 Å². The molecule has 1 atom stereocenters. The van der Waals surface area contributed by atoms with Crippen molar-refractivity contribution in [3.63, 3.8) is 0 Å². The Morgan fingerprint density at radius 2 is 2.60 bits per heavy atom. The molecular weight excluding hydrogens is 130 g/mol. The molecule has 1 saturated heterocycles. The number of carbonyl (C=O) groups is 1. The van der Waals surface area contributed by atoms with Crippen LogP contribution in [-0.4, -0.2) is 24.1 Å². The zero-order valence-electron chi connectivity index (χ0n) is 6.04. The molecule has 1 amide bonds. The molecule has 1 aliphatic heterocycles. The predicted octanol–water partition coefficient (Wildman–Crippen LogP) is 0.725. The second-order valence-corrected chi connectivity index (χ2v) is 2.21. The van der Waals surface area contributed by atoms with Gasteiger partial charge in [-0.15, -0.1) is 0 Å². The summed E-state index contributed by atoms with van der Waals surface area (Å²) in [5, 5.41) is 0. The van der Waals surface area contributed by atoms with Crippen molar-refractivity contribution in [2.75, 3.05) is 7.11 Å². The minimum atomic E-state index is -0.0787. The average Bonchev–Trinajstić information content (AvgIpc) is 2.30. The van der Waals surface area contributed by atoms with Crippen molar-refractivity contribution in [3.8, 4) is 0 Å². The summed E-state index contributed by atoms with van der Waals surface area (Å²) in [4.78, 5) is 12.5. The number of hydrogen-bond donors (Lipinski definition) is 0. The van der Waals surface area contributed by atoms with Gasteiger partial charge in [-0.2, -0.15) is 0 Å². The van der Waals surface area contributed by atoms with E-state index in [9.17, 15) is 4.79 Å². The summed E-state index contributed by atoms with van der Waals surface area (Å²) in [6.07, 6.45) is 2.79. The molecule has 0 radical (unpaired) electrons. The first-order chi connectivity index (χ1) is 4.79. The Bertz CT molecular complexity index is 156. The molecule has 10 heavy (non-hydrogen) atoms. The normalized spacial score (nSPS) is 25.5. The third-order valence-corrected chi connectivity index (χ3v) is 1.67. The largest absolute Gasteiger partial charge is 0.361 e. The molecular formula is C7H11NO2. The Hall–Kier alpha value is -0.830. The fourth-order valence-corrected chi connectivity index (χ4v) is 1.13. The third kappa shape index (κ3) is 1.04. The number of rotatable bonds is 2. The van der Waals surface area contributed by atoms with Gasteiger partial charge in [0.25, 0.3) is 0 Å². The lowest BCUT2D eigenvalue weighted by molar-refractivity contribution is -0.130. The summed E-state index contributed by atoms with van der Waals surface area (Å²) >= 11 is 0. The lowest BCUT2D eigenvalue weighted by Crippen LogP contribution is -2.28. The van der Waals surface area contributed by atoms with Gasteiger partial charge in [0.2, 0.25) is 5.91 Å². The molecule has 56 valence electrons. The van der Waals surface area contributed by atoms with Gasteiger partial charge in [0.15, 0.2) is 0 Å². The molecule has 0 aromatic rings. The summed E-state index contributed by atoms with van der Waals surface area (Å²) in [7, 11) is 1.60. The van der Waals surface area contributed by atoms with E-state index in [-0.39, 0.29) is 12.1 Å². The smallest absolute Gasteiger partial charge is 0.228 e. The summed E-state index contributed by atoms with van der Waals surface area (Å²) in [5.41, 5.74) is 0. The van der Waals surface area contributed by atoms with Crippen LogP contribution in [0.15, 0.2) is 12.8 Å². The minimum Gasteiger partial charge on any atom is -0.361 e. The van der Waals surface area contributed by atoms with Crippen LogP contribution < -0.4 is 0 Å². The number of nitrogens with zero attached hydrogens (tertiary/aromatic N) is 1. The van der Waals surface area contributed by atoms with E-state index in [0.717, 1.165) is 6.42 Å². The molecule has 0 aliphatic carbocycles.